The third kappa shape index (κ3) is 5.27. The van der Waals surface area contributed by atoms with Crippen LogP contribution in [0.4, 0.5) is 87.8 Å². The summed E-state index contributed by atoms with van der Waals surface area (Å²) in [5.74, 6) is -28.6. The van der Waals surface area contributed by atoms with Gasteiger partial charge in [0.1, 0.15) is 23.3 Å². The van der Waals surface area contributed by atoms with E-state index in [0.717, 1.165) is 0 Å². The van der Waals surface area contributed by atoms with E-state index in [-0.39, 0.29) is 0 Å². The van der Waals surface area contributed by atoms with Gasteiger partial charge in [-0.1, -0.05) is 0 Å². The zero-order valence-corrected chi connectivity index (χ0v) is 19.8. The van der Waals surface area contributed by atoms with Gasteiger partial charge in [-0.25, -0.2) is 17.6 Å². The largest absolute Gasteiger partial charge is 0.445 e. The average Bonchev–Trinajstić information content (AvgIpc) is 2.81. The van der Waals surface area contributed by atoms with Crippen LogP contribution < -0.4 is 0 Å². The Labute approximate surface area is 220 Å². The van der Waals surface area contributed by atoms with Gasteiger partial charge in [0.15, 0.2) is 0 Å². The molecule has 4 fully saturated rings. The molecule has 0 unspecified atom stereocenters. The first-order chi connectivity index (χ1) is 18.5. The molecule has 0 spiro atoms. The van der Waals surface area contributed by atoms with E-state index in [1.807, 2.05) is 0 Å². The lowest BCUT2D eigenvalue weighted by atomic mass is 9.34. The summed E-state index contributed by atoms with van der Waals surface area (Å²) in [6.45, 7) is 0. The molecule has 4 aliphatic carbocycles. The highest BCUT2D eigenvalue weighted by atomic mass is 19.4. The van der Waals surface area contributed by atoms with Crippen molar-refractivity contribution in [3.63, 3.8) is 0 Å². The first-order valence-corrected chi connectivity index (χ1v) is 11.0. The van der Waals surface area contributed by atoms with Gasteiger partial charge in [-0.3, -0.25) is 0 Å². The fourth-order valence-electron chi connectivity index (χ4n) is 7.00. The third-order valence-electron chi connectivity index (χ3n) is 7.69. The first-order valence-electron chi connectivity index (χ1n) is 11.0. The maximum Gasteiger partial charge on any atom is 0.445 e. The standard InChI is InChI=1S/C22H12F20/c23-7(11(27)19(31,32)33)15-1-16(8(24)12(28)20(34,35)36)4-17(2-15,9(25)13(29)21(37,38)39)6-18(3-15,5-16)10(26)14(30)22(40,41)42/h1-6H2/b11-7+,12-8+,13-9+,14-10+. The Morgan fingerprint density at radius 1 is 0.286 bits per heavy atom. The summed E-state index contributed by atoms with van der Waals surface area (Å²) in [5.41, 5.74) is -15.4. The van der Waals surface area contributed by atoms with Gasteiger partial charge in [0.05, 0.1) is 0 Å². The number of rotatable bonds is 4. The summed E-state index contributed by atoms with van der Waals surface area (Å²) in [5, 5.41) is 0. The maximum absolute atomic E-state index is 15.3. The SMILES string of the molecule is F/C(=C(/F)C12CC3(/C(F)=C(\F)C(F)(F)F)CC(/C(F)=C(\F)C(F)(F)F)(C1)CC(/C(F)=C(\F)C(F)(F)F)(C2)C3)C(F)(F)F. The van der Waals surface area contributed by atoms with Crippen LogP contribution in [-0.2, 0) is 0 Å². The van der Waals surface area contributed by atoms with Crippen LogP contribution in [0.3, 0.4) is 0 Å². The molecule has 0 aromatic heterocycles. The number of hydrogen-bond acceptors (Lipinski definition) is 0. The van der Waals surface area contributed by atoms with Crippen molar-refractivity contribution in [1.29, 1.82) is 0 Å². The highest BCUT2D eigenvalue weighted by Gasteiger charge is 2.75. The van der Waals surface area contributed by atoms with Gasteiger partial charge in [-0.15, -0.1) is 0 Å². The van der Waals surface area contributed by atoms with Crippen molar-refractivity contribution < 1.29 is 87.8 Å². The minimum absolute atomic E-state index is 2.05. The molecule has 0 nitrogen and oxygen atoms in total. The van der Waals surface area contributed by atoms with E-state index >= 15 is 17.6 Å². The summed E-state index contributed by atoms with van der Waals surface area (Å²) in [6, 6.07) is 0. The molecule has 4 saturated carbocycles. The molecule has 42 heavy (non-hydrogen) atoms. The Morgan fingerprint density at radius 2 is 0.405 bits per heavy atom. The predicted molar refractivity (Wildman–Crippen MR) is 98.6 cm³/mol. The van der Waals surface area contributed by atoms with E-state index in [1.54, 1.807) is 0 Å². The number of alkyl halides is 12. The Morgan fingerprint density at radius 3 is 0.500 bits per heavy atom. The summed E-state index contributed by atoms with van der Waals surface area (Å²) in [6.07, 6.45) is -37.9. The minimum Gasteiger partial charge on any atom is -0.208 e. The van der Waals surface area contributed by atoms with Gasteiger partial charge in [-0.2, -0.15) is 70.2 Å². The molecule has 0 aliphatic heterocycles. The van der Waals surface area contributed by atoms with Gasteiger partial charge in [-0.05, 0) is 38.5 Å². The molecule has 4 bridgehead atoms. The van der Waals surface area contributed by atoms with Crippen LogP contribution in [0.1, 0.15) is 38.5 Å². The summed E-state index contributed by atoms with van der Waals surface area (Å²) < 4.78 is 274. The summed E-state index contributed by atoms with van der Waals surface area (Å²) >= 11 is 0. The molecule has 240 valence electrons. The Balaban J connectivity index is 2.59. The van der Waals surface area contributed by atoms with E-state index in [1.165, 1.54) is 0 Å². The molecule has 4 aliphatic rings. The fourth-order valence-corrected chi connectivity index (χ4v) is 7.00. The second kappa shape index (κ2) is 9.53. The lowest BCUT2D eigenvalue weighted by Gasteiger charge is -2.69. The van der Waals surface area contributed by atoms with Gasteiger partial charge in [0.2, 0.25) is 23.3 Å². The smallest absolute Gasteiger partial charge is 0.208 e. The van der Waals surface area contributed by atoms with Gasteiger partial charge >= 0.3 is 24.7 Å². The molecule has 0 aromatic carbocycles. The minimum atomic E-state index is -6.40. The van der Waals surface area contributed by atoms with Crippen molar-refractivity contribution in [1.82, 2.24) is 0 Å². The summed E-state index contributed by atoms with van der Waals surface area (Å²) in [7, 11) is 0. The van der Waals surface area contributed by atoms with E-state index < -0.39 is 132 Å². The molecule has 0 atom stereocenters. The topological polar surface area (TPSA) is 0 Å². The zero-order valence-electron chi connectivity index (χ0n) is 19.8. The highest BCUT2D eigenvalue weighted by molar-refractivity contribution is 5.40. The van der Waals surface area contributed by atoms with Crippen LogP contribution >= 0.6 is 0 Å². The molecule has 4 rings (SSSR count). The van der Waals surface area contributed by atoms with E-state index in [4.69, 9.17) is 0 Å². The molecule has 20 heteroatoms. The van der Waals surface area contributed by atoms with Crippen LogP contribution in [0.15, 0.2) is 46.6 Å². The molecule has 0 aromatic rings. The molecule has 0 amide bonds. The van der Waals surface area contributed by atoms with Gasteiger partial charge in [0, 0.05) is 21.7 Å². The normalized spacial score (nSPS) is 34.6. The Kier molecular flexibility index (Phi) is 7.73. The predicted octanol–water partition coefficient (Wildman–Crippen LogP) is 11.2. The lowest BCUT2D eigenvalue weighted by Crippen LogP contribution is -2.62. The average molecular weight is 656 g/mol. The second-order valence-corrected chi connectivity index (χ2v) is 10.7. The monoisotopic (exact) mass is 656 g/mol. The van der Waals surface area contributed by atoms with Gasteiger partial charge < -0.3 is 0 Å². The van der Waals surface area contributed by atoms with Crippen molar-refractivity contribution in [3.05, 3.63) is 46.6 Å². The molecular weight excluding hydrogens is 644 g/mol. The first kappa shape index (κ1) is 34.1. The third-order valence-corrected chi connectivity index (χ3v) is 7.69. The van der Waals surface area contributed by atoms with Crippen LogP contribution in [0, 0.1) is 21.7 Å². The maximum atomic E-state index is 15.3. The molecule has 0 heterocycles. The Hall–Kier alpha value is -2.44. The lowest BCUT2D eigenvalue weighted by molar-refractivity contribution is -0.187. The fraction of sp³-hybridized carbons (Fsp3) is 0.636. The van der Waals surface area contributed by atoms with Crippen molar-refractivity contribution in [2.45, 2.75) is 63.2 Å². The van der Waals surface area contributed by atoms with E-state index in [9.17, 15) is 70.2 Å². The van der Waals surface area contributed by atoms with Crippen molar-refractivity contribution in [3.8, 4) is 0 Å². The van der Waals surface area contributed by atoms with E-state index in [0.29, 0.717) is 0 Å². The highest BCUT2D eigenvalue weighted by Crippen LogP contribution is 2.81. The number of hydrogen-bond donors (Lipinski definition) is 0. The summed E-state index contributed by atoms with van der Waals surface area (Å²) in [4.78, 5) is 0. The number of halogens is 20. The zero-order chi connectivity index (χ0) is 32.9. The molecule has 0 saturated heterocycles. The van der Waals surface area contributed by atoms with Crippen LogP contribution in [0.25, 0.3) is 0 Å². The van der Waals surface area contributed by atoms with Crippen molar-refractivity contribution in [2.24, 2.45) is 21.7 Å². The second-order valence-electron chi connectivity index (χ2n) is 10.7. The van der Waals surface area contributed by atoms with Crippen LogP contribution in [0.5, 0.6) is 0 Å². The van der Waals surface area contributed by atoms with Crippen molar-refractivity contribution in [2.75, 3.05) is 0 Å². The Bertz CT molecular complexity index is 1030. The quantitative estimate of drug-likeness (QED) is 0.264. The van der Waals surface area contributed by atoms with Crippen molar-refractivity contribution >= 4 is 0 Å². The van der Waals surface area contributed by atoms with E-state index in [2.05, 4.69) is 0 Å². The van der Waals surface area contributed by atoms with Crippen LogP contribution in [-0.4, -0.2) is 24.7 Å². The van der Waals surface area contributed by atoms with Gasteiger partial charge in [0.25, 0.3) is 0 Å². The molecule has 0 radical (unpaired) electrons. The molecule has 0 N–H and O–H groups in total. The number of allylic oxidation sites excluding steroid dienone is 8. The van der Waals surface area contributed by atoms with Crippen LogP contribution in [0.2, 0.25) is 0 Å². The molecular formula is C22H12F20.